The summed E-state index contributed by atoms with van der Waals surface area (Å²) in [5.74, 6) is 0.312. The second kappa shape index (κ2) is 3.98. The lowest BCUT2D eigenvalue weighted by Crippen LogP contribution is -2.27. The zero-order valence-corrected chi connectivity index (χ0v) is 12.4. The predicted octanol–water partition coefficient (Wildman–Crippen LogP) is 3.62. The molecule has 0 atom stereocenters. The summed E-state index contributed by atoms with van der Waals surface area (Å²) in [4.78, 5) is 3.18. The number of aryl methyl sites for hydroxylation is 3. The molecule has 4 aromatic rings. The van der Waals surface area contributed by atoms with Crippen LogP contribution < -0.4 is 4.57 Å². The molecule has 0 aliphatic carbocycles. The first kappa shape index (κ1) is 12.2. The summed E-state index contributed by atoms with van der Waals surface area (Å²) in [6.45, 7) is 4.32. The fraction of sp³-hybridized carbons (Fsp3) is 0.167. The van der Waals surface area contributed by atoms with Crippen LogP contribution in [0.3, 0.4) is 0 Å². The van der Waals surface area contributed by atoms with E-state index in [9.17, 15) is 5.11 Å². The first-order valence-electron chi connectivity index (χ1n) is 7.09. The third-order valence-corrected chi connectivity index (χ3v) is 4.59. The van der Waals surface area contributed by atoms with E-state index in [4.69, 9.17) is 0 Å². The van der Waals surface area contributed by atoms with Crippen LogP contribution in [0.15, 0.2) is 36.7 Å². The average molecular weight is 277 g/mol. The van der Waals surface area contributed by atoms with Gasteiger partial charge in [-0.3, -0.25) is 0 Å². The highest BCUT2D eigenvalue weighted by Gasteiger charge is 2.23. The van der Waals surface area contributed by atoms with E-state index >= 15 is 0 Å². The van der Waals surface area contributed by atoms with Gasteiger partial charge in [0.1, 0.15) is 12.8 Å². The van der Waals surface area contributed by atoms with Crippen molar-refractivity contribution in [2.24, 2.45) is 7.05 Å². The van der Waals surface area contributed by atoms with Crippen LogP contribution >= 0.6 is 0 Å². The maximum absolute atomic E-state index is 9.86. The molecule has 0 amide bonds. The molecule has 21 heavy (non-hydrogen) atoms. The van der Waals surface area contributed by atoms with Crippen molar-refractivity contribution in [3.05, 3.63) is 47.8 Å². The van der Waals surface area contributed by atoms with Gasteiger partial charge in [0.05, 0.1) is 10.8 Å². The predicted molar refractivity (Wildman–Crippen MR) is 85.6 cm³/mol. The molecule has 4 rings (SSSR count). The van der Waals surface area contributed by atoms with Crippen molar-refractivity contribution < 1.29 is 9.67 Å². The lowest BCUT2D eigenvalue weighted by atomic mass is 9.97. The Morgan fingerprint density at radius 3 is 2.62 bits per heavy atom. The van der Waals surface area contributed by atoms with E-state index in [0.717, 1.165) is 10.9 Å². The number of hydrogen-bond donors (Lipinski definition) is 2. The van der Waals surface area contributed by atoms with E-state index in [2.05, 4.69) is 42.7 Å². The largest absolute Gasteiger partial charge is 0.508 e. The van der Waals surface area contributed by atoms with Crippen LogP contribution in [0.25, 0.3) is 32.6 Å². The number of nitrogens with zero attached hydrogens (tertiary/aromatic N) is 1. The van der Waals surface area contributed by atoms with Crippen molar-refractivity contribution in [2.45, 2.75) is 13.8 Å². The number of nitrogens with one attached hydrogen (secondary N) is 1. The van der Waals surface area contributed by atoms with Gasteiger partial charge in [0.15, 0.2) is 0 Å². The summed E-state index contributed by atoms with van der Waals surface area (Å²) >= 11 is 0. The third kappa shape index (κ3) is 1.46. The number of phenols is 1. The number of rotatable bonds is 0. The number of fused-ring (bicyclic) bond motifs is 4. The first-order chi connectivity index (χ1) is 10.1. The number of aromatic nitrogens is 2. The highest BCUT2D eigenvalue weighted by Crippen LogP contribution is 2.35. The maximum Gasteiger partial charge on any atom is 0.217 e. The van der Waals surface area contributed by atoms with Crippen LogP contribution in [-0.4, -0.2) is 10.1 Å². The fourth-order valence-electron chi connectivity index (χ4n) is 3.58. The number of aromatic hydroxyl groups is 1. The van der Waals surface area contributed by atoms with Gasteiger partial charge in [-0.2, -0.15) is 4.57 Å². The normalized spacial score (nSPS) is 11.8. The van der Waals surface area contributed by atoms with Gasteiger partial charge in [0.25, 0.3) is 0 Å². The summed E-state index contributed by atoms with van der Waals surface area (Å²) < 4.78 is 2.22. The number of pyridine rings is 1. The molecule has 0 saturated heterocycles. The molecule has 2 N–H and O–H groups in total. The van der Waals surface area contributed by atoms with Gasteiger partial charge in [0.2, 0.25) is 11.0 Å². The average Bonchev–Trinajstić information content (AvgIpc) is 2.78. The number of phenolic OH excluding ortho intramolecular Hbond substituents is 1. The molecule has 104 valence electrons. The van der Waals surface area contributed by atoms with Crippen LogP contribution in [0.5, 0.6) is 5.75 Å². The maximum atomic E-state index is 9.86. The Bertz CT molecular complexity index is 1030. The minimum absolute atomic E-state index is 0.312. The Labute approximate surface area is 122 Å². The smallest absolute Gasteiger partial charge is 0.217 e. The van der Waals surface area contributed by atoms with Crippen LogP contribution in [0, 0.1) is 13.8 Å². The lowest BCUT2D eigenvalue weighted by Gasteiger charge is -2.06. The molecule has 2 aromatic carbocycles. The monoisotopic (exact) mass is 277 g/mol. The van der Waals surface area contributed by atoms with E-state index in [1.165, 1.54) is 32.8 Å². The van der Waals surface area contributed by atoms with Crippen molar-refractivity contribution in [2.75, 3.05) is 0 Å². The summed E-state index contributed by atoms with van der Waals surface area (Å²) in [5, 5.41) is 14.7. The van der Waals surface area contributed by atoms with Crippen molar-refractivity contribution >= 4 is 32.6 Å². The molecular formula is C18H17N2O+. The molecule has 0 saturated carbocycles. The minimum atomic E-state index is 0.312. The Hall–Kier alpha value is -2.55. The molecule has 0 fully saturated rings. The van der Waals surface area contributed by atoms with Crippen LogP contribution in [0.4, 0.5) is 0 Å². The summed E-state index contributed by atoms with van der Waals surface area (Å²) in [7, 11) is 2.09. The molecular weight excluding hydrogens is 260 g/mol. The van der Waals surface area contributed by atoms with Gasteiger partial charge < -0.3 is 10.1 Å². The number of aromatic amines is 1. The second-order valence-corrected chi connectivity index (χ2v) is 5.71. The molecule has 2 heterocycles. The first-order valence-corrected chi connectivity index (χ1v) is 7.09. The number of benzene rings is 2. The molecule has 3 nitrogen and oxygen atoms in total. The van der Waals surface area contributed by atoms with E-state index < -0.39 is 0 Å². The Morgan fingerprint density at radius 1 is 1.00 bits per heavy atom. The molecule has 0 aliphatic rings. The van der Waals surface area contributed by atoms with Crippen LogP contribution in [0.1, 0.15) is 11.1 Å². The lowest BCUT2D eigenvalue weighted by molar-refractivity contribution is -0.616. The van der Waals surface area contributed by atoms with Crippen LogP contribution in [-0.2, 0) is 7.05 Å². The summed E-state index contributed by atoms with van der Waals surface area (Å²) in [5.41, 5.74) is 4.91. The Balaban J connectivity index is 2.41. The summed E-state index contributed by atoms with van der Waals surface area (Å²) in [6.07, 6.45) is 4.02. The standard InChI is InChI=1S/C18H16N2O/c1-10-15-9-19-7-6-13(15)11(2)18-17(10)14-8-12(21)4-5-16(14)20(18)3/h4-9,21H,1-3H3/p+1. The Morgan fingerprint density at radius 2 is 1.81 bits per heavy atom. The zero-order valence-electron chi connectivity index (χ0n) is 12.4. The van der Waals surface area contributed by atoms with Gasteiger partial charge in [0, 0.05) is 29.4 Å². The van der Waals surface area contributed by atoms with Crippen LogP contribution in [0.2, 0.25) is 0 Å². The molecule has 0 aliphatic heterocycles. The van der Waals surface area contributed by atoms with E-state index in [-0.39, 0.29) is 0 Å². The van der Waals surface area contributed by atoms with Gasteiger partial charge in [-0.1, -0.05) is 0 Å². The summed E-state index contributed by atoms with van der Waals surface area (Å²) in [6, 6.07) is 7.73. The topological polar surface area (TPSA) is 39.9 Å². The highest BCUT2D eigenvalue weighted by atomic mass is 16.3. The Kier molecular flexibility index (Phi) is 2.31. The van der Waals surface area contributed by atoms with Gasteiger partial charge in [-0.05, 0) is 43.0 Å². The molecule has 0 unspecified atom stereocenters. The van der Waals surface area contributed by atoms with E-state index in [0.29, 0.717) is 5.75 Å². The van der Waals surface area contributed by atoms with Crippen molar-refractivity contribution in [3.8, 4) is 5.75 Å². The van der Waals surface area contributed by atoms with Gasteiger partial charge in [-0.25, -0.2) is 0 Å². The van der Waals surface area contributed by atoms with Gasteiger partial charge >= 0.3 is 0 Å². The molecule has 0 radical (unpaired) electrons. The SMILES string of the molecule is Cc1c2c[nH]ccc2c(C)c2c1c1cc(O)ccc1[n+]2C. The number of hydrogen-bond acceptors (Lipinski definition) is 1. The quantitative estimate of drug-likeness (QED) is 0.473. The third-order valence-electron chi connectivity index (χ3n) is 4.59. The molecule has 3 heteroatoms. The van der Waals surface area contributed by atoms with Crippen molar-refractivity contribution in [1.82, 2.24) is 4.98 Å². The van der Waals surface area contributed by atoms with Crippen molar-refractivity contribution in [3.63, 3.8) is 0 Å². The molecule has 2 aromatic heterocycles. The van der Waals surface area contributed by atoms with Crippen molar-refractivity contribution in [1.29, 1.82) is 0 Å². The fourth-order valence-corrected chi connectivity index (χ4v) is 3.58. The second-order valence-electron chi connectivity index (χ2n) is 5.71. The van der Waals surface area contributed by atoms with Gasteiger partial charge in [-0.15, -0.1) is 0 Å². The minimum Gasteiger partial charge on any atom is -0.508 e. The molecule has 0 spiro atoms. The molecule has 0 bridgehead atoms. The van der Waals surface area contributed by atoms with E-state index in [1.54, 1.807) is 6.07 Å². The van der Waals surface area contributed by atoms with E-state index in [1.807, 2.05) is 18.3 Å². The highest BCUT2D eigenvalue weighted by molar-refractivity contribution is 6.14. The number of H-pyrrole nitrogens is 1. The zero-order chi connectivity index (χ0) is 14.7.